The Bertz CT molecular complexity index is 502. The van der Waals surface area contributed by atoms with Gasteiger partial charge in [0.2, 0.25) is 0 Å². The lowest BCUT2D eigenvalue weighted by atomic mass is 10.1. The molecule has 21 heavy (non-hydrogen) atoms. The number of ether oxygens (including phenoxy) is 2. The summed E-state index contributed by atoms with van der Waals surface area (Å²) in [6.45, 7) is 5.78. The van der Waals surface area contributed by atoms with Crippen molar-refractivity contribution in [2.75, 3.05) is 32.8 Å². The van der Waals surface area contributed by atoms with Crippen LogP contribution in [0.2, 0.25) is 0 Å². The third-order valence-electron chi connectivity index (χ3n) is 4.69. The van der Waals surface area contributed by atoms with E-state index in [1.54, 1.807) is 0 Å². The van der Waals surface area contributed by atoms with Gasteiger partial charge in [-0.15, -0.1) is 0 Å². The molecule has 0 radical (unpaired) electrons. The predicted octanol–water partition coefficient (Wildman–Crippen LogP) is 1.57. The lowest BCUT2D eigenvalue weighted by molar-refractivity contribution is -0.0301. The lowest BCUT2D eigenvalue weighted by Gasteiger charge is -2.33. The van der Waals surface area contributed by atoms with E-state index in [1.165, 1.54) is 24.0 Å². The maximum absolute atomic E-state index is 5.87. The SMILES string of the molecule is c1cc2c(cc1CNC[C@H]1CN(C3CC3)CCO1)CCO2. The molecule has 0 bridgehead atoms. The molecule has 1 atom stereocenters. The molecule has 4 rings (SSSR count). The monoisotopic (exact) mass is 288 g/mol. The highest BCUT2D eigenvalue weighted by molar-refractivity contribution is 5.39. The van der Waals surface area contributed by atoms with E-state index < -0.39 is 0 Å². The van der Waals surface area contributed by atoms with E-state index in [1.807, 2.05) is 0 Å². The Morgan fingerprint density at radius 2 is 2.19 bits per heavy atom. The summed E-state index contributed by atoms with van der Waals surface area (Å²) in [5, 5.41) is 3.55. The summed E-state index contributed by atoms with van der Waals surface area (Å²) in [6.07, 6.45) is 4.16. The number of nitrogens with zero attached hydrogens (tertiary/aromatic N) is 1. The van der Waals surface area contributed by atoms with Gasteiger partial charge in [-0.1, -0.05) is 12.1 Å². The minimum Gasteiger partial charge on any atom is -0.493 e. The van der Waals surface area contributed by atoms with Gasteiger partial charge in [-0.2, -0.15) is 0 Å². The molecule has 3 aliphatic rings. The van der Waals surface area contributed by atoms with Crippen LogP contribution in [0.5, 0.6) is 5.75 Å². The molecule has 0 aromatic heterocycles. The molecular formula is C17H24N2O2. The van der Waals surface area contributed by atoms with Crippen LogP contribution in [0.15, 0.2) is 18.2 Å². The fourth-order valence-electron chi connectivity index (χ4n) is 3.36. The Morgan fingerprint density at radius 3 is 3.10 bits per heavy atom. The first-order chi connectivity index (χ1) is 10.4. The van der Waals surface area contributed by atoms with Crippen molar-refractivity contribution in [1.29, 1.82) is 0 Å². The van der Waals surface area contributed by atoms with Crippen LogP contribution in [0.1, 0.15) is 24.0 Å². The largest absolute Gasteiger partial charge is 0.493 e. The van der Waals surface area contributed by atoms with E-state index in [-0.39, 0.29) is 0 Å². The van der Waals surface area contributed by atoms with Crippen LogP contribution < -0.4 is 10.1 Å². The molecule has 1 aromatic carbocycles. The molecule has 0 spiro atoms. The summed E-state index contributed by atoms with van der Waals surface area (Å²) in [4.78, 5) is 2.60. The van der Waals surface area contributed by atoms with E-state index >= 15 is 0 Å². The molecule has 0 amide bonds. The molecule has 2 fully saturated rings. The molecule has 4 heteroatoms. The Kier molecular flexibility index (Phi) is 3.84. The van der Waals surface area contributed by atoms with Crippen molar-refractivity contribution >= 4 is 0 Å². The number of hydrogen-bond acceptors (Lipinski definition) is 4. The second kappa shape index (κ2) is 5.95. The molecule has 0 unspecified atom stereocenters. The Labute approximate surface area is 126 Å². The van der Waals surface area contributed by atoms with Gasteiger partial charge in [-0.25, -0.2) is 0 Å². The van der Waals surface area contributed by atoms with Gasteiger partial charge in [0, 0.05) is 38.6 Å². The number of nitrogens with one attached hydrogen (secondary N) is 1. The van der Waals surface area contributed by atoms with E-state index in [0.717, 1.165) is 57.6 Å². The quantitative estimate of drug-likeness (QED) is 0.892. The molecule has 1 aliphatic carbocycles. The van der Waals surface area contributed by atoms with Gasteiger partial charge in [0.05, 0.1) is 19.3 Å². The summed E-state index contributed by atoms with van der Waals surface area (Å²) in [7, 11) is 0. The molecule has 114 valence electrons. The van der Waals surface area contributed by atoms with Gasteiger partial charge >= 0.3 is 0 Å². The Morgan fingerprint density at radius 1 is 1.24 bits per heavy atom. The molecular weight excluding hydrogens is 264 g/mol. The van der Waals surface area contributed by atoms with Crippen LogP contribution in [0.25, 0.3) is 0 Å². The van der Waals surface area contributed by atoms with Crippen molar-refractivity contribution in [2.24, 2.45) is 0 Å². The summed E-state index contributed by atoms with van der Waals surface area (Å²) >= 11 is 0. The summed E-state index contributed by atoms with van der Waals surface area (Å²) in [5.74, 6) is 1.06. The van der Waals surface area contributed by atoms with Crippen molar-refractivity contribution in [3.63, 3.8) is 0 Å². The number of fused-ring (bicyclic) bond motifs is 1. The van der Waals surface area contributed by atoms with Crippen LogP contribution in [-0.2, 0) is 17.7 Å². The van der Waals surface area contributed by atoms with Crippen molar-refractivity contribution in [3.8, 4) is 5.75 Å². The Hall–Kier alpha value is -1.10. The first-order valence-electron chi connectivity index (χ1n) is 8.19. The molecule has 2 heterocycles. The van der Waals surface area contributed by atoms with Gasteiger partial charge in [0.25, 0.3) is 0 Å². The Balaban J connectivity index is 1.25. The van der Waals surface area contributed by atoms with E-state index in [4.69, 9.17) is 9.47 Å². The fourth-order valence-corrected chi connectivity index (χ4v) is 3.36. The number of morpholine rings is 1. The molecule has 2 aliphatic heterocycles. The number of benzene rings is 1. The predicted molar refractivity (Wildman–Crippen MR) is 81.7 cm³/mol. The third-order valence-corrected chi connectivity index (χ3v) is 4.69. The maximum Gasteiger partial charge on any atom is 0.122 e. The highest BCUT2D eigenvalue weighted by atomic mass is 16.5. The first kappa shape index (κ1) is 13.6. The fraction of sp³-hybridized carbons (Fsp3) is 0.647. The standard InChI is InChI=1S/C17H24N2O2/c1-4-17-14(5-7-21-17)9-13(1)10-18-11-16-12-19(6-8-20-16)15-2-3-15/h1,4,9,15-16,18H,2-3,5-8,10-12H2/t16-/m0/s1. The maximum atomic E-state index is 5.87. The van der Waals surface area contributed by atoms with Gasteiger partial charge < -0.3 is 14.8 Å². The van der Waals surface area contributed by atoms with Gasteiger partial charge in [-0.3, -0.25) is 4.90 Å². The normalized spacial score (nSPS) is 25.6. The van der Waals surface area contributed by atoms with E-state index in [9.17, 15) is 0 Å². The molecule has 1 saturated carbocycles. The minimum absolute atomic E-state index is 0.345. The highest BCUT2D eigenvalue weighted by Gasteiger charge is 2.32. The van der Waals surface area contributed by atoms with Gasteiger partial charge in [0.15, 0.2) is 0 Å². The van der Waals surface area contributed by atoms with Crippen molar-refractivity contribution in [3.05, 3.63) is 29.3 Å². The molecule has 1 N–H and O–H groups in total. The average molecular weight is 288 g/mol. The zero-order valence-corrected chi connectivity index (χ0v) is 12.5. The van der Waals surface area contributed by atoms with E-state index in [0.29, 0.717) is 6.10 Å². The third kappa shape index (κ3) is 3.23. The summed E-state index contributed by atoms with van der Waals surface area (Å²) in [5.41, 5.74) is 2.69. The second-order valence-corrected chi connectivity index (χ2v) is 6.39. The van der Waals surface area contributed by atoms with Crippen LogP contribution >= 0.6 is 0 Å². The van der Waals surface area contributed by atoms with Crippen LogP contribution in [0.4, 0.5) is 0 Å². The van der Waals surface area contributed by atoms with E-state index in [2.05, 4.69) is 28.4 Å². The van der Waals surface area contributed by atoms with Crippen LogP contribution in [0, 0.1) is 0 Å². The van der Waals surface area contributed by atoms with Crippen molar-refractivity contribution < 1.29 is 9.47 Å². The molecule has 4 nitrogen and oxygen atoms in total. The molecule has 1 aromatic rings. The summed E-state index contributed by atoms with van der Waals surface area (Å²) < 4.78 is 11.4. The minimum atomic E-state index is 0.345. The number of hydrogen-bond donors (Lipinski definition) is 1. The first-order valence-corrected chi connectivity index (χ1v) is 8.19. The topological polar surface area (TPSA) is 33.7 Å². The lowest BCUT2D eigenvalue weighted by Crippen LogP contribution is -2.47. The van der Waals surface area contributed by atoms with Gasteiger partial charge in [0.1, 0.15) is 5.75 Å². The van der Waals surface area contributed by atoms with Gasteiger partial charge in [-0.05, 0) is 30.0 Å². The number of rotatable bonds is 5. The van der Waals surface area contributed by atoms with Crippen LogP contribution in [0.3, 0.4) is 0 Å². The summed E-state index contributed by atoms with van der Waals surface area (Å²) in [6, 6.07) is 7.39. The smallest absolute Gasteiger partial charge is 0.122 e. The van der Waals surface area contributed by atoms with Crippen molar-refractivity contribution in [1.82, 2.24) is 10.2 Å². The van der Waals surface area contributed by atoms with Crippen LogP contribution in [-0.4, -0.2) is 49.9 Å². The average Bonchev–Trinajstić information content (AvgIpc) is 3.26. The highest BCUT2D eigenvalue weighted by Crippen LogP contribution is 2.28. The van der Waals surface area contributed by atoms with Crippen molar-refractivity contribution in [2.45, 2.75) is 38.0 Å². The second-order valence-electron chi connectivity index (χ2n) is 6.39. The zero-order valence-electron chi connectivity index (χ0n) is 12.5. The molecule has 1 saturated heterocycles. The zero-order chi connectivity index (χ0) is 14.1.